The first-order valence-electron chi connectivity index (χ1n) is 11.4. The lowest BCUT2D eigenvalue weighted by atomic mass is 9.97. The van der Waals surface area contributed by atoms with E-state index in [4.69, 9.17) is 0 Å². The van der Waals surface area contributed by atoms with Crippen molar-refractivity contribution in [3.63, 3.8) is 0 Å². The van der Waals surface area contributed by atoms with Crippen LogP contribution in [0.4, 0.5) is 4.39 Å². The molecule has 3 heterocycles. The van der Waals surface area contributed by atoms with Gasteiger partial charge in [0.05, 0.1) is 0 Å². The maximum absolute atomic E-state index is 13.4. The van der Waals surface area contributed by atoms with Gasteiger partial charge in [0.2, 0.25) is 0 Å². The second-order valence-electron chi connectivity index (χ2n) is 8.58. The normalized spacial score (nSPS) is 15.9. The zero-order chi connectivity index (χ0) is 21.8. The monoisotopic (exact) mass is 432 g/mol. The number of halogens is 1. The average Bonchev–Trinajstić information content (AvgIpc) is 3.50. The highest BCUT2D eigenvalue weighted by Crippen LogP contribution is 2.24. The molecular weight excluding hydrogens is 403 g/mol. The fourth-order valence-electron chi connectivity index (χ4n) is 4.75. The van der Waals surface area contributed by atoms with E-state index in [-0.39, 0.29) is 5.82 Å². The number of nitrogens with zero attached hydrogens (tertiary/aromatic N) is 4. The van der Waals surface area contributed by atoms with Crippen LogP contribution in [-0.4, -0.2) is 56.9 Å². The quantitative estimate of drug-likeness (QED) is 0.445. The van der Waals surface area contributed by atoms with Gasteiger partial charge in [0.1, 0.15) is 18.5 Å². The predicted molar refractivity (Wildman–Crippen MR) is 124 cm³/mol. The third-order valence-corrected chi connectivity index (χ3v) is 6.50. The van der Waals surface area contributed by atoms with Crippen molar-refractivity contribution in [1.29, 1.82) is 0 Å². The number of hydrogen-bond acceptors (Lipinski definition) is 4. The number of aryl methyl sites for hydroxylation is 1. The molecule has 1 atom stereocenters. The number of aromatic nitrogens is 4. The molecule has 1 fully saturated rings. The zero-order valence-corrected chi connectivity index (χ0v) is 18.2. The smallest absolute Gasteiger partial charge is 0.123 e. The second kappa shape index (κ2) is 9.63. The van der Waals surface area contributed by atoms with Crippen LogP contribution in [0.25, 0.3) is 16.6 Å². The number of rotatable bonds is 8. The van der Waals surface area contributed by atoms with E-state index in [1.165, 1.54) is 16.5 Å². The lowest BCUT2D eigenvalue weighted by Crippen LogP contribution is -2.49. The summed E-state index contributed by atoms with van der Waals surface area (Å²) >= 11 is 0. The fourth-order valence-corrected chi connectivity index (χ4v) is 4.75. The molecule has 0 aliphatic carbocycles. The van der Waals surface area contributed by atoms with Gasteiger partial charge in [0.25, 0.3) is 0 Å². The number of aromatic amines is 1. The molecule has 1 aliphatic heterocycles. The molecule has 1 saturated heterocycles. The Kier molecular flexibility index (Phi) is 6.27. The Morgan fingerprint density at radius 2 is 1.78 bits per heavy atom. The topological polar surface area (TPSA) is 61.8 Å². The van der Waals surface area contributed by atoms with E-state index in [2.05, 4.69) is 49.8 Å². The summed E-state index contributed by atoms with van der Waals surface area (Å²) in [5.74, 6) is -0.169. The molecule has 6 nitrogen and oxygen atoms in total. The molecule has 0 bridgehead atoms. The Hall–Kier alpha value is -3.03. The van der Waals surface area contributed by atoms with Crippen molar-refractivity contribution in [1.82, 2.24) is 30.0 Å². The molecule has 32 heavy (non-hydrogen) atoms. The SMILES string of the molecule is Fc1ccc(CC(CCCc2c[nH]c3ccc(-n4cnnc4)cc23)N2CCNCC2)cc1. The Bertz CT molecular complexity index is 1130. The maximum Gasteiger partial charge on any atom is 0.123 e. The minimum atomic E-state index is -0.169. The Morgan fingerprint density at radius 1 is 1.00 bits per heavy atom. The van der Waals surface area contributed by atoms with Gasteiger partial charge in [0.15, 0.2) is 0 Å². The molecule has 7 heteroatoms. The molecule has 1 unspecified atom stereocenters. The van der Waals surface area contributed by atoms with Crippen LogP contribution in [-0.2, 0) is 12.8 Å². The molecular formula is C25H29FN6. The van der Waals surface area contributed by atoms with E-state index >= 15 is 0 Å². The summed E-state index contributed by atoms with van der Waals surface area (Å²) in [7, 11) is 0. The summed E-state index contributed by atoms with van der Waals surface area (Å²) < 4.78 is 15.3. The average molecular weight is 433 g/mol. The largest absolute Gasteiger partial charge is 0.361 e. The van der Waals surface area contributed by atoms with E-state index in [9.17, 15) is 4.39 Å². The number of benzene rings is 2. The molecule has 166 valence electrons. The lowest BCUT2D eigenvalue weighted by Gasteiger charge is -2.35. The molecule has 0 amide bonds. The van der Waals surface area contributed by atoms with Crippen molar-refractivity contribution in [2.75, 3.05) is 26.2 Å². The van der Waals surface area contributed by atoms with Crippen LogP contribution >= 0.6 is 0 Å². The molecule has 0 saturated carbocycles. The molecule has 1 aliphatic rings. The van der Waals surface area contributed by atoms with E-state index in [1.807, 2.05) is 16.7 Å². The first kappa shape index (κ1) is 20.8. The van der Waals surface area contributed by atoms with Crippen molar-refractivity contribution in [3.05, 3.63) is 78.3 Å². The van der Waals surface area contributed by atoms with Crippen LogP contribution in [0.1, 0.15) is 24.0 Å². The molecule has 2 aromatic heterocycles. The summed E-state index contributed by atoms with van der Waals surface area (Å²) in [6.07, 6.45) is 9.81. The van der Waals surface area contributed by atoms with Crippen LogP contribution < -0.4 is 5.32 Å². The number of hydrogen-bond donors (Lipinski definition) is 2. The van der Waals surface area contributed by atoms with Crippen molar-refractivity contribution in [2.45, 2.75) is 31.7 Å². The standard InChI is InChI=1S/C25H29FN6/c26-21-6-4-19(5-7-21)14-22(31-12-10-27-11-13-31)3-1-2-20-16-28-25-9-8-23(15-24(20)25)32-17-29-30-18-32/h4-9,15-18,22,27-28H,1-3,10-14H2. The van der Waals surface area contributed by atoms with Crippen LogP contribution in [0.2, 0.25) is 0 Å². The third kappa shape index (κ3) is 4.74. The van der Waals surface area contributed by atoms with Crippen LogP contribution in [0.5, 0.6) is 0 Å². The highest BCUT2D eigenvalue weighted by atomic mass is 19.1. The Labute approximate surface area is 187 Å². The van der Waals surface area contributed by atoms with Gasteiger partial charge < -0.3 is 10.3 Å². The zero-order valence-electron chi connectivity index (χ0n) is 18.2. The van der Waals surface area contributed by atoms with Crippen molar-refractivity contribution in [3.8, 4) is 5.69 Å². The van der Waals surface area contributed by atoms with Crippen LogP contribution in [0.3, 0.4) is 0 Å². The molecule has 2 aromatic carbocycles. The maximum atomic E-state index is 13.4. The van der Waals surface area contributed by atoms with Crippen molar-refractivity contribution < 1.29 is 4.39 Å². The predicted octanol–water partition coefficient (Wildman–Crippen LogP) is 3.73. The molecule has 5 rings (SSSR count). The van der Waals surface area contributed by atoms with Gasteiger partial charge >= 0.3 is 0 Å². The van der Waals surface area contributed by atoms with Crippen molar-refractivity contribution >= 4 is 10.9 Å². The summed E-state index contributed by atoms with van der Waals surface area (Å²) in [6, 6.07) is 13.9. The van der Waals surface area contributed by atoms with Crippen molar-refractivity contribution in [2.24, 2.45) is 0 Å². The highest BCUT2D eigenvalue weighted by Gasteiger charge is 2.21. The van der Waals surface area contributed by atoms with Gasteiger partial charge in [0, 0.05) is 55.0 Å². The first-order valence-corrected chi connectivity index (χ1v) is 11.4. The van der Waals surface area contributed by atoms with Gasteiger partial charge in [-0.15, -0.1) is 10.2 Å². The van der Waals surface area contributed by atoms with Gasteiger partial charge in [-0.25, -0.2) is 4.39 Å². The second-order valence-corrected chi connectivity index (χ2v) is 8.58. The number of nitrogens with one attached hydrogen (secondary N) is 2. The molecule has 0 spiro atoms. The van der Waals surface area contributed by atoms with Gasteiger partial charge in [-0.2, -0.15) is 0 Å². The fraction of sp³-hybridized carbons (Fsp3) is 0.360. The van der Waals surface area contributed by atoms with Crippen LogP contribution in [0, 0.1) is 5.82 Å². The van der Waals surface area contributed by atoms with E-state index < -0.39 is 0 Å². The lowest BCUT2D eigenvalue weighted by molar-refractivity contribution is 0.161. The Balaban J connectivity index is 1.28. The van der Waals surface area contributed by atoms with E-state index in [0.29, 0.717) is 6.04 Å². The summed E-state index contributed by atoms with van der Waals surface area (Å²) in [4.78, 5) is 6.01. The first-order chi connectivity index (χ1) is 15.8. The minimum Gasteiger partial charge on any atom is -0.361 e. The number of fused-ring (bicyclic) bond motifs is 1. The number of H-pyrrole nitrogens is 1. The van der Waals surface area contributed by atoms with Crippen LogP contribution in [0.15, 0.2) is 61.3 Å². The van der Waals surface area contributed by atoms with Gasteiger partial charge in [-0.05, 0) is 67.1 Å². The number of piperazine rings is 1. The molecule has 0 radical (unpaired) electrons. The summed E-state index contributed by atoms with van der Waals surface area (Å²) in [5, 5.41) is 12.5. The van der Waals surface area contributed by atoms with Gasteiger partial charge in [-0.1, -0.05) is 12.1 Å². The third-order valence-electron chi connectivity index (χ3n) is 6.50. The molecule has 2 N–H and O–H groups in total. The molecule has 4 aromatic rings. The highest BCUT2D eigenvalue weighted by molar-refractivity contribution is 5.85. The summed E-state index contributed by atoms with van der Waals surface area (Å²) in [6.45, 7) is 4.21. The van der Waals surface area contributed by atoms with E-state index in [1.54, 1.807) is 24.8 Å². The summed E-state index contributed by atoms with van der Waals surface area (Å²) in [5.41, 5.74) is 4.77. The Morgan fingerprint density at radius 3 is 2.56 bits per heavy atom. The minimum absolute atomic E-state index is 0.169. The van der Waals surface area contributed by atoms with E-state index in [0.717, 1.165) is 63.1 Å². The van der Waals surface area contributed by atoms with Gasteiger partial charge in [-0.3, -0.25) is 9.47 Å².